The van der Waals surface area contributed by atoms with Crippen LogP contribution in [0.1, 0.15) is 22.5 Å². The molecule has 1 aliphatic rings. The molecule has 0 saturated carbocycles. The van der Waals surface area contributed by atoms with Crippen molar-refractivity contribution >= 4 is 29.7 Å². The Morgan fingerprint density at radius 3 is 3.07 bits per heavy atom. The van der Waals surface area contributed by atoms with Crippen LogP contribution in [0.25, 0.3) is 0 Å². The van der Waals surface area contributed by atoms with Crippen LogP contribution < -0.4 is 10.6 Å². The number of carbonyl (C=O) groups is 1. The Hall–Kier alpha value is -0.580. The van der Waals surface area contributed by atoms with E-state index in [1.54, 1.807) is 0 Å². The van der Waals surface area contributed by atoms with Gasteiger partial charge in [-0.3, -0.25) is 4.79 Å². The molecule has 2 rings (SSSR count). The van der Waals surface area contributed by atoms with Crippen molar-refractivity contribution < 1.29 is 4.79 Å². The third kappa shape index (κ3) is 3.48. The van der Waals surface area contributed by atoms with E-state index in [1.807, 2.05) is 17.5 Å². The van der Waals surface area contributed by atoms with E-state index in [1.165, 1.54) is 11.3 Å². The highest BCUT2D eigenvalue weighted by molar-refractivity contribution is 7.12. The van der Waals surface area contributed by atoms with Crippen molar-refractivity contribution in [3.63, 3.8) is 0 Å². The number of carbonyl (C=O) groups excluding carboxylic acids is 1. The third-order valence-corrected chi connectivity index (χ3v) is 3.25. The molecular weight excluding hydrogens is 232 g/mol. The average molecular weight is 247 g/mol. The van der Waals surface area contributed by atoms with Gasteiger partial charge in [0.2, 0.25) is 0 Å². The minimum Gasteiger partial charge on any atom is -0.347 e. The summed E-state index contributed by atoms with van der Waals surface area (Å²) in [5.41, 5.74) is 0. The number of amides is 1. The second-order valence-electron chi connectivity index (χ2n) is 3.49. The number of rotatable bonds is 2. The maximum atomic E-state index is 11.6. The zero-order valence-electron chi connectivity index (χ0n) is 8.36. The lowest BCUT2D eigenvalue weighted by Crippen LogP contribution is -2.45. The van der Waals surface area contributed by atoms with Crippen LogP contribution in [0.4, 0.5) is 0 Å². The summed E-state index contributed by atoms with van der Waals surface area (Å²) in [4.78, 5) is 12.4. The van der Waals surface area contributed by atoms with Crippen LogP contribution in [0.15, 0.2) is 17.5 Å². The smallest absolute Gasteiger partial charge is 0.261 e. The molecule has 1 atom stereocenters. The molecule has 0 aliphatic carbocycles. The van der Waals surface area contributed by atoms with Gasteiger partial charge in [0.05, 0.1) is 4.88 Å². The highest BCUT2D eigenvalue weighted by Crippen LogP contribution is 2.09. The van der Waals surface area contributed by atoms with Crippen LogP contribution in [-0.4, -0.2) is 25.0 Å². The predicted octanol–water partition coefficient (Wildman–Crippen LogP) is 1.65. The van der Waals surface area contributed by atoms with Gasteiger partial charge in [0.25, 0.3) is 5.91 Å². The molecule has 0 radical (unpaired) electrons. The molecule has 2 heterocycles. The number of nitrogens with one attached hydrogen (secondary N) is 2. The Morgan fingerprint density at radius 1 is 1.60 bits per heavy atom. The summed E-state index contributed by atoms with van der Waals surface area (Å²) in [6.07, 6.45) is 2.24. The summed E-state index contributed by atoms with van der Waals surface area (Å²) in [6.45, 7) is 1.97. The topological polar surface area (TPSA) is 41.1 Å². The van der Waals surface area contributed by atoms with E-state index in [2.05, 4.69) is 10.6 Å². The molecule has 3 nitrogen and oxygen atoms in total. The highest BCUT2D eigenvalue weighted by atomic mass is 35.5. The molecule has 1 aromatic rings. The van der Waals surface area contributed by atoms with Crippen LogP contribution in [0.2, 0.25) is 0 Å². The SMILES string of the molecule is Cl.O=C(N[C@H]1CCCNC1)c1cccs1. The van der Waals surface area contributed by atoms with E-state index in [9.17, 15) is 4.79 Å². The number of hydrogen-bond acceptors (Lipinski definition) is 3. The van der Waals surface area contributed by atoms with Gasteiger partial charge in [0.1, 0.15) is 0 Å². The molecule has 1 aromatic heterocycles. The summed E-state index contributed by atoms with van der Waals surface area (Å²) in [5.74, 6) is 0.0636. The lowest BCUT2D eigenvalue weighted by atomic mass is 10.1. The van der Waals surface area contributed by atoms with Gasteiger partial charge < -0.3 is 10.6 Å². The first-order chi connectivity index (χ1) is 6.86. The Labute approximate surface area is 99.7 Å². The monoisotopic (exact) mass is 246 g/mol. The summed E-state index contributed by atoms with van der Waals surface area (Å²) in [7, 11) is 0. The molecule has 0 unspecified atom stereocenters. The summed E-state index contributed by atoms with van der Waals surface area (Å²) < 4.78 is 0. The normalized spacial score (nSPS) is 20.4. The van der Waals surface area contributed by atoms with Crippen molar-refractivity contribution in [3.8, 4) is 0 Å². The van der Waals surface area contributed by atoms with Gasteiger partial charge in [-0.25, -0.2) is 0 Å². The Bertz CT molecular complexity index is 296. The Balaban J connectivity index is 0.00000112. The number of halogens is 1. The molecule has 1 fully saturated rings. The van der Waals surface area contributed by atoms with Crippen molar-refractivity contribution in [1.29, 1.82) is 0 Å². The maximum Gasteiger partial charge on any atom is 0.261 e. The largest absolute Gasteiger partial charge is 0.347 e. The fourth-order valence-electron chi connectivity index (χ4n) is 1.64. The quantitative estimate of drug-likeness (QED) is 0.833. The molecule has 1 amide bonds. The minimum atomic E-state index is 0. The van der Waals surface area contributed by atoms with Crippen molar-refractivity contribution in [3.05, 3.63) is 22.4 Å². The number of hydrogen-bond donors (Lipinski definition) is 2. The molecule has 1 saturated heterocycles. The molecule has 84 valence electrons. The molecule has 1 aliphatic heterocycles. The van der Waals surface area contributed by atoms with E-state index in [0.29, 0.717) is 6.04 Å². The van der Waals surface area contributed by atoms with Gasteiger partial charge in [0.15, 0.2) is 0 Å². The summed E-state index contributed by atoms with van der Waals surface area (Å²) in [6, 6.07) is 4.06. The van der Waals surface area contributed by atoms with E-state index >= 15 is 0 Å². The molecule has 2 N–H and O–H groups in total. The van der Waals surface area contributed by atoms with Crippen molar-refractivity contribution in [1.82, 2.24) is 10.6 Å². The van der Waals surface area contributed by atoms with Gasteiger partial charge in [0, 0.05) is 12.6 Å². The lowest BCUT2D eigenvalue weighted by molar-refractivity contribution is 0.0935. The van der Waals surface area contributed by atoms with Crippen molar-refractivity contribution in [2.75, 3.05) is 13.1 Å². The second-order valence-corrected chi connectivity index (χ2v) is 4.44. The molecule has 15 heavy (non-hydrogen) atoms. The van der Waals surface area contributed by atoms with E-state index < -0.39 is 0 Å². The lowest BCUT2D eigenvalue weighted by Gasteiger charge is -2.23. The summed E-state index contributed by atoms with van der Waals surface area (Å²) in [5, 5.41) is 8.23. The van der Waals surface area contributed by atoms with E-state index in [4.69, 9.17) is 0 Å². The van der Waals surface area contributed by atoms with Crippen LogP contribution in [0.3, 0.4) is 0 Å². The predicted molar refractivity (Wildman–Crippen MR) is 64.9 cm³/mol. The second kappa shape index (κ2) is 6.10. The molecule has 0 bridgehead atoms. The number of thiophene rings is 1. The minimum absolute atomic E-state index is 0. The van der Waals surface area contributed by atoms with Gasteiger partial charge in [-0.15, -0.1) is 23.7 Å². The van der Waals surface area contributed by atoms with E-state index in [-0.39, 0.29) is 18.3 Å². The van der Waals surface area contributed by atoms with Gasteiger partial charge in [-0.1, -0.05) is 6.07 Å². The Morgan fingerprint density at radius 2 is 2.47 bits per heavy atom. The van der Waals surface area contributed by atoms with Gasteiger partial charge >= 0.3 is 0 Å². The standard InChI is InChI=1S/C10H14N2OS.ClH/c13-10(9-4-2-6-14-9)12-8-3-1-5-11-7-8;/h2,4,6,8,11H,1,3,5,7H2,(H,12,13);1H/t8-;/m0./s1. The fourth-order valence-corrected chi connectivity index (χ4v) is 2.27. The van der Waals surface area contributed by atoms with E-state index in [0.717, 1.165) is 30.8 Å². The van der Waals surface area contributed by atoms with Gasteiger partial charge in [-0.05, 0) is 30.8 Å². The zero-order chi connectivity index (χ0) is 9.80. The van der Waals surface area contributed by atoms with Gasteiger partial charge in [-0.2, -0.15) is 0 Å². The molecule has 0 aromatic carbocycles. The van der Waals surface area contributed by atoms with Crippen LogP contribution in [0, 0.1) is 0 Å². The first kappa shape index (κ1) is 12.5. The van der Waals surface area contributed by atoms with Crippen LogP contribution in [0.5, 0.6) is 0 Å². The molecular formula is C10H15ClN2OS. The maximum absolute atomic E-state index is 11.6. The van der Waals surface area contributed by atoms with Crippen LogP contribution in [-0.2, 0) is 0 Å². The first-order valence-electron chi connectivity index (χ1n) is 4.91. The van der Waals surface area contributed by atoms with Crippen LogP contribution >= 0.6 is 23.7 Å². The van der Waals surface area contributed by atoms with Crippen molar-refractivity contribution in [2.24, 2.45) is 0 Å². The fraction of sp³-hybridized carbons (Fsp3) is 0.500. The molecule has 0 spiro atoms. The third-order valence-electron chi connectivity index (χ3n) is 2.38. The number of piperidine rings is 1. The zero-order valence-corrected chi connectivity index (χ0v) is 10.00. The average Bonchev–Trinajstić information content (AvgIpc) is 2.72. The first-order valence-corrected chi connectivity index (χ1v) is 5.79. The van der Waals surface area contributed by atoms with Crippen molar-refractivity contribution in [2.45, 2.75) is 18.9 Å². The molecule has 5 heteroatoms. The summed E-state index contributed by atoms with van der Waals surface area (Å²) >= 11 is 1.49. The Kier molecular flexibility index (Phi) is 5.08. The highest BCUT2D eigenvalue weighted by Gasteiger charge is 2.16.